The molecule has 1 aliphatic heterocycles. The summed E-state index contributed by atoms with van der Waals surface area (Å²) in [5.41, 5.74) is 3.53. The van der Waals surface area contributed by atoms with E-state index >= 15 is 0 Å². The van der Waals surface area contributed by atoms with E-state index in [0.717, 1.165) is 61.9 Å². The third kappa shape index (κ3) is 2.65. The number of carbonyl (C=O) groups excluding carboxylic acids is 1. The second kappa shape index (κ2) is 6.76. The fourth-order valence-electron chi connectivity index (χ4n) is 5.49. The van der Waals surface area contributed by atoms with Crippen LogP contribution >= 0.6 is 0 Å². The third-order valence-corrected chi connectivity index (χ3v) is 6.74. The van der Waals surface area contributed by atoms with Crippen molar-refractivity contribution < 1.29 is 14.7 Å². The Hall–Kier alpha value is -2.63. The maximum Gasteiger partial charge on any atom is 0.326 e. The number of amides is 1. The van der Waals surface area contributed by atoms with Crippen molar-refractivity contribution in [2.75, 3.05) is 0 Å². The molecule has 2 aromatic rings. The zero-order valence-corrected chi connectivity index (χ0v) is 15.9. The highest BCUT2D eigenvalue weighted by Gasteiger charge is 2.48. The number of carbonyl (C=O) groups is 2. The number of para-hydroxylation sites is 1. The second-order valence-electron chi connectivity index (χ2n) is 8.29. The minimum atomic E-state index is -0.887. The molecule has 0 radical (unpaired) electrons. The number of rotatable bonds is 3. The number of fused-ring (bicyclic) bond motifs is 2. The van der Waals surface area contributed by atoms with Crippen LogP contribution in [0.2, 0.25) is 0 Å². The molecular weight excluding hydrogens is 354 g/mol. The molecule has 1 amide bonds. The van der Waals surface area contributed by atoms with Crippen molar-refractivity contribution in [2.45, 2.75) is 63.5 Å². The van der Waals surface area contributed by atoms with Crippen molar-refractivity contribution in [1.29, 1.82) is 0 Å². The minimum absolute atomic E-state index is 0.0429. The Morgan fingerprint density at radius 3 is 2.61 bits per heavy atom. The quantitative estimate of drug-likeness (QED) is 0.888. The molecule has 1 saturated heterocycles. The van der Waals surface area contributed by atoms with E-state index in [1.165, 1.54) is 0 Å². The van der Waals surface area contributed by atoms with Gasteiger partial charge in [-0.15, -0.1) is 0 Å². The zero-order valence-electron chi connectivity index (χ0n) is 15.9. The van der Waals surface area contributed by atoms with Gasteiger partial charge in [0.25, 0.3) is 5.91 Å². The largest absolute Gasteiger partial charge is 0.480 e. The Bertz CT molecular complexity index is 921. The summed E-state index contributed by atoms with van der Waals surface area (Å²) in [6.45, 7) is 0. The van der Waals surface area contributed by atoms with Gasteiger partial charge in [-0.2, -0.15) is 5.10 Å². The van der Waals surface area contributed by atoms with Gasteiger partial charge in [0, 0.05) is 17.3 Å². The summed E-state index contributed by atoms with van der Waals surface area (Å²) in [7, 11) is 0. The lowest BCUT2D eigenvalue weighted by atomic mass is 9.84. The van der Waals surface area contributed by atoms with Crippen LogP contribution in [-0.4, -0.2) is 43.7 Å². The smallest absolute Gasteiger partial charge is 0.326 e. The van der Waals surface area contributed by atoms with E-state index in [4.69, 9.17) is 5.10 Å². The van der Waals surface area contributed by atoms with E-state index in [-0.39, 0.29) is 11.9 Å². The first-order valence-corrected chi connectivity index (χ1v) is 10.4. The summed E-state index contributed by atoms with van der Waals surface area (Å²) in [6, 6.07) is 9.20. The zero-order chi connectivity index (χ0) is 19.3. The average molecular weight is 379 g/mol. The normalized spacial score (nSPS) is 26.1. The van der Waals surface area contributed by atoms with Gasteiger partial charge in [0.05, 0.1) is 5.69 Å². The standard InChI is InChI=1S/C22H25N3O3/c26-21(24-17-11-5-4-7-14(17)13-19(24)22(27)28)20-16-10-6-12-18(16)25(23-20)15-8-2-1-3-9-15/h1-3,8-9,14,17,19H,4-7,10-13H2,(H,27,28). The molecule has 0 bridgehead atoms. The number of aromatic nitrogens is 2. The third-order valence-electron chi connectivity index (χ3n) is 6.74. The van der Waals surface area contributed by atoms with E-state index in [9.17, 15) is 14.7 Å². The number of carboxylic acid groups (broad SMARTS) is 1. The van der Waals surface area contributed by atoms with Gasteiger partial charge in [-0.05, 0) is 56.6 Å². The monoisotopic (exact) mass is 379 g/mol. The number of hydrogen-bond acceptors (Lipinski definition) is 3. The first-order chi connectivity index (χ1) is 13.6. The summed E-state index contributed by atoms with van der Waals surface area (Å²) < 4.78 is 1.89. The minimum Gasteiger partial charge on any atom is -0.480 e. The molecule has 6 heteroatoms. The molecule has 2 heterocycles. The fourth-order valence-corrected chi connectivity index (χ4v) is 5.49. The molecule has 3 unspecified atom stereocenters. The van der Waals surface area contributed by atoms with Crippen LogP contribution in [0.3, 0.4) is 0 Å². The van der Waals surface area contributed by atoms with Crippen LogP contribution in [0, 0.1) is 5.92 Å². The van der Waals surface area contributed by atoms with Crippen LogP contribution in [0.1, 0.15) is 60.3 Å². The van der Waals surface area contributed by atoms with Gasteiger partial charge in [-0.25, -0.2) is 9.48 Å². The number of nitrogens with zero attached hydrogens (tertiary/aromatic N) is 3. The number of likely N-dealkylation sites (tertiary alicyclic amines) is 1. The van der Waals surface area contributed by atoms with Gasteiger partial charge >= 0.3 is 5.97 Å². The van der Waals surface area contributed by atoms with Gasteiger partial charge < -0.3 is 10.0 Å². The van der Waals surface area contributed by atoms with Crippen molar-refractivity contribution in [2.24, 2.45) is 5.92 Å². The van der Waals surface area contributed by atoms with Gasteiger partial charge in [-0.1, -0.05) is 31.0 Å². The molecule has 1 N–H and O–H groups in total. The summed E-state index contributed by atoms with van der Waals surface area (Å²) in [5.74, 6) is -0.764. The number of hydrogen-bond donors (Lipinski definition) is 1. The predicted molar refractivity (Wildman–Crippen MR) is 104 cm³/mol. The number of benzene rings is 1. The van der Waals surface area contributed by atoms with Crippen molar-refractivity contribution in [1.82, 2.24) is 14.7 Å². The Kier molecular flexibility index (Phi) is 4.22. The van der Waals surface area contributed by atoms with Crippen LogP contribution in [0.15, 0.2) is 30.3 Å². The SMILES string of the molecule is O=C(O)C1CC2CCCCC2N1C(=O)c1nn(-c2ccccc2)c2c1CCC2. The highest BCUT2D eigenvalue weighted by Crippen LogP contribution is 2.41. The molecule has 2 aliphatic carbocycles. The highest BCUT2D eigenvalue weighted by molar-refractivity contribution is 5.97. The molecule has 5 rings (SSSR count). The molecular formula is C22H25N3O3. The Balaban J connectivity index is 1.56. The lowest BCUT2D eigenvalue weighted by Gasteiger charge is -2.32. The van der Waals surface area contributed by atoms with E-state index in [1.54, 1.807) is 4.90 Å². The van der Waals surface area contributed by atoms with Crippen LogP contribution in [0.25, 0.3) is 5.69 Å². The predicted octanol–water partition coefficient (Wildman–Crippen LogP) is 3.22. The van der Waals surface area contributed by atoms with Gasteiger partial charge in [0.2, 0.25) is 0 Å². The lowest BCUT2D eigenvalue weighted by molar-refractivity contribution is -0.141. The number of aliphatic carboxylic acids is 1. The van der Waals surface area contributed by atoms with Crippen LogP contribution in [-0.2, 0) is 17.6 Å². The Morgan fingerprint density at radius 2 is 1.82 bits per heavy atom. The molecule has 1 saturated carbocycles. The maximum atomic E-state index is 13.6. The lowest BCUT2D eigenvalue weighted by Crippen LogP contribution is -2.46. The molecule has 6 nitrogen and oxygen atoms in total. The van der Waals surface area contributed by atoms with Gasteiger partial charge in [0.1, 0.15) is 6.04 Å². The summed E-state index contributed by atoms with van der Waals surface area (Å²) in [4.78, 5) is 27.2. The molecule has 146 valence electrons. The van der Waals surface area contributed by atoms with Crippen molar-refractivity contribution in [3.05, 3.63) is 47.3 Å². The molecule has 3 atom stereocenters. The Morgan fingerprint density at radius 1 is 1.04 bits per heavy atom. The van der Waals surface area contributed by atoms with Crippen LogP contribution in [0.5, 0.6) is 0 Å². The van der Waals surface area contributed by atoms with Crippen molar-refractivity contribution in [3.63, 3.8) is 0 Å². The first kappa shape index (κ1) is 17.5. The molecule has 2 fully saturated rings. The molecule has 28 heavy (non-hydrogen) atoms. The van der Waals surface area contributed by atoms with Crippen molar-refractivity contribution >= 4 is 11.9 Å². The Labute approximate surface area is 164 Å². The topological polar surface area (TPSA) is 75.4 Å². The molecule has 0 spiro atoms. The van der Waals surface area contributed by atoms with Gasteiger partial charge in [-0.3, -0.25) is 4.79 Å². The van der Waals surface area contributed by atoms with Crippen LogP contribution < -0.4 is 0 Å². The summed E-state index contributed by atoms with van der Waals surface area (Å²) >= 11 is 0. The molecule has 3 aliphatic rings. The molecule has 1 aromatic carbocycles. The van der Waals surface area contributed by atoms with E-state index < -0.39 is 12.0 Å². The average Bonchev–Trinajstić information content (AvgIpc) is 3.41. The van der Waals surface area contributed by atoms with E-state index in [2.05, 4.69) is 0 Å². The van der Waals surface area contributed by atoms with E-state index in [1.807, 2.05) is 35.0 Å². The van der Waals surface area contributed by atoms with E-state index in [0.29, 0.717) is 18.0 Å². The first-order valence-electron chi connectivity index (χ1n) is 10.4. The van der Waals surface area contributed by atoms with Crippen LogP contribution in [0.4, 0.5) is 0 Å². The fraction of sp³-hybridized carbons (Fsp3) is 0.500. The number of carboxylic acids is 1. The highest BCUT2D eigenvalue weighted by atomic mass is 16.4. The summed E-state index contributed by atoms with van der Waals surface area (Å²) in [6.07, 6.45) is 7.45. The molecule has 1 aromatic heterocycles. The summed E-state index contributed by atoms with van der Waals surface area (Å²) in [5, 5.41) is 14.5. The maximum absolute atomic E-state index is 13.6. The van der Waals surface area contributed by atoms with Crippen molar-refractivity contribution in [3.8, 4) is 5.69 Å². The second-order valence-corrected chi connectivity index (χ2v) is 8.29. The van der Waals surface area contributed by atoms with Gasteiger partial charge in [0.15, 0.2) is 5.69 Å².